The molecule has 4 heteroatoms. The lowest BCUT2D eigenvalue weighted by atomic mass is 10.1. The zero-order valence-corrected chi connectivity index (χ0v) is 15.0. The third-order valence-corrected chi connectivity index (χ3v) is 4.60. The topological polar surface area (TPSA) is 50.5 Å². The van der Waals surface area contributed by atoms with Crippen LogP contribution >= 0.6 is 0 Å². The summed E-state index contributed by atoms with van der Waals surface area (Å²) in [6.45, 7) is 0. The van der Waals surface area contributed by atoms with Crippen LogP contribution in [-0.2, 0) is 0 Å². The Balaban J connectivity index is 2.01. The van der Waals surface area contributed by atoms with Crippen LogP contribution in [0, 0.1) is 10.4 Å². The summed E-state index contributed by atoms with van der Waals surface area (Å²) in [7, 11) is 0. The summed E-state index contributed by atoms with van der Waals surface area (Å²) in [5.41, 5.74) is 2.95. The van der Waals surface area contributed by atoms with Gasteiger partial charge in [-0.25, -0.2) is 9.98 Å². The first-order valence-corrected chi connectivity index (χ1v) is 9.09. The summed E-state index contributed by atoms with van der Waals surface area (Å²) in [5, 5.41) is 3.88. The lowest BCUT2D eigenvalue weighted by Crippen LogP contribution is -2.13. The number of pyridine rings is 2. The maximum absolute atomic E-state index is 5.01. The first-order chi connectivity index (χ1) is 13.9. The van der Waals surface area contributed by atoms with E-state index < -0.39 is 0 Å². The molecule has 3 heterocycles. The van der Waals surface area contributed by atoms with Crippen molar-refractivity contribution in [1.29, 1.82) is 0 Å². The Hall–Kier alpha value is -3.92. The Labute approximate surface area is 161 Å². The van der Waals surface area contributed by atoms with Gasteiger partial charge in [-0.1, -0.05) is 48.5 Å². The van der Waals surface area contributed by atoms with Gasteiger partial charge in [-0.2, -0.15) is 0 Å². The van der Waals surface area contributed by atoms with Crippen molar-refractivity contribution in [1.82, 2.24) is 9.97 Å². The first-order valence-electron chi connectivity index (χ1n) is 9.09. The average Bonchev–Trinajstić information content (AvgIpc) is 2.76. The molecule has 1 aliphatic heterocycles. The molecule has 2 aromatic carbocycles. The van der Waals surface area contributed by atoms with Gasteiger partial charge in [-0.15, -0.1) is 0 Å². The first kappa shape index (κ1) is 16.3. The van der Waals surface area contributed by atoms with E-state index >= 15 is 0 Å². The third-order valence-electron chi connectivity index (χ3n) is 4.60. The number of hydrogen-bond donors (Lipinski definition) is 0. The smallest absolute Gasteiger partial charge is 0.117 e. The molecule has 4 nitrogen and oxygen atoms in total. The van der Waals surface area contributed by atoms with Gasteiger partial charge in [0.2, 0.25) is 0 Å². The Kier molecular flexibility index (Phi) is 4.07. The Morgan fingerprint density at radius 2 is 0.857 bits per heavy atom. The number of rotatable bonds is 2. The van der Waals surface area contributed by atoms with Gasteiger partial charge in [-0.05, 0) is 36.4 Å². The van der Waals surface area contributed by atoms with Crippen LogP contribution in [-0.4, -0.2) is 9.97 Å². The molecule has 0 unspecified atom stereocenters. The molecule has 0 N–H and O–H groups in total. The van der Waals surface area contributed by atoms with Crippen molar-refractivity contribution < 1.29 is 0 Å². The molecule has 4 aromatic rings. The quantitative estimate of drug-likeness (QED) is 0.549. The van der Waals surface area contributed by atoms with E-state index in [4.69, 9.17) is 9.98 Å². The minimum absolute atomic E-state index is 0.709. The second-order valence-electron chi connectivity index (χ2n) is 6.39. The normalized spacial score (nSPS) is 19.0. The Bertz CT molecular complexity index is 1280. The van der Waals surface area contributed by atoms with Crippen molar-refractivity contribution in [3.05, 3.63) is 130 Å². The van der Waals surface area contributed by atoms with Crippen LogP contribution in [0.5, 0.6) is 0 Å². The van der Waals surface area contributed by atoms with Crippen LogP contribution in [0.4, 0.5) is 0 Å². The summed E-state index contributed by atoms with van der Waals surface area (Å²) < 4.78 is 0. The molecule has 0 spiro atoms. The summed E-state index contributed by atoms with van der Waals surface area (Å²) in [4.78, 5) is 19.1. The molecular weight excluding hydrogens is 344 g/mol. The summed E-state index contributed by atoms with van der Waals surface area (Å²) in [6, 6.07) is 27.9. The maximum Gasteiger partial charge on any atom is 0.117 e. The van der Waals surface area contributed by atoms with E-state index in [1.165, 1.54) is 0 Å². The molecule has 0 atom stereocenters. The highest BCUT2D eigenvalue weighted by molar-refractivity contribution is 5.87. The largest absolute Gasteiger partial charge is 0.255 e. The molecular formula is C24H16N4. The molecule has 28 heavy (non-hydrogen) atoms. The van der Waals surface area contributed by atoms with Crippen molar-refractivity contribution in [2.24, 2.45) is 9.98 Å². The van der Waals surface area contributed by atoms with E-state index in [0.29, 0.717) is 11.4 Å². The molecule has 2 aromatic heterocycles. The van der Waals surface area contributed by atoms with Gasteiger partial charge >= 0.3 is 0 Å². The van der Waals surface area contributed by atoms with Crippen LogP contribution < -0.4 is 10.7 Å². The minimum atomic E-state index is 0.709. The zero-order chi connectivity index (χ0) is 18.8. The SMILES string of the molecule is c1ccc(C2=C(c3ccccn3)/N=c3/cccc/c3=c3\cccc\c3=N\2)nc1. The second kappa shape index (κ2) is 7.00. The molecule has 132 valence electrons. The summed E-state index contributed by atoms with van der Waals surface area (Å²) >= 11 is 0. The van der Waals surface area contributed by atoms with Crippen LogP contribution in [0.2, 0.25) is 0 Å². The molecule has 0 fully saturated rings. The van der Waals surface area contributed by atoms with Crippen molar-refractivity contribution in [2.45, 2.75) is 0 Å². The van der Waals surface area contributed by atoms with Gasteiger partial charge in [0.25, 0.3) is 0 Å². The molecule has 5 rings (SSSR count). The van der Waals surface area contributed by atoms with E-state index in [0.717, 1.165) is 32.5 Å². The molecule has 0 radical (unpaired) electrons. The van der Waals surface area contributed by atoms with E-state index in [2.05, 4.69) is 22.1 Å². The summed E-state index contributed by atoms with van der Waals surface area (Å²) in [6.07, 6.45) is 3.54. The fourth-order valence-corrected chi connectivity index (χ4v) is 3.31. The lowest BCUT2D eigenvalue weighted by molar-refractivity contribution is 1.16. The third kappa shape index (κ3) is 2.91. The number of hydrogen-bond acceptors (Lipinski definition) is 4. The van der Waals surface area contributed by atoms with Gasteiger partial charge in [-0.3, -0.25) is 9.97 Å². The van der Waals surface area contributed by atoms with Gasteiger partial charge in [0.15, 0.2) is 0 Å². The van der Waals surface area contributed by atoms with Gasteiger partial charge in [0, 0.05) is 22.8 Å². The van der Waals surface area contributed by atoms with E-state index in [1.54, 1.807) is 12.4 Å². The number of aromatic nitrogens is 2. The molecule has 0 aliphatic carbocycles. The molecule has 0 saturated carbocycles. The highest BCUT2D eigenvalue weighted by atomic mass is 14.9. The zero-order valence-electron chi connectivity index (χ0n) is 15.0. The minimum Gasteiger partial charge on any atom is -0.255 e. The van der Waals surface area contributed by atoms with Crippen molar-refractivity contribution in [3.63, 3.8) is 0 Å². The second-order valence-corrected chi connectivity index (χ2v) is 6.39. The van der Waals surface area contributed by atoms with Crippen LogP contribution in [0.25, 0.3) is 11.4 Å². The summed E-state index contributed by atoms with van der Waals surface area (Å²) in [5.74, 6) is 0. The molecule has 0 bridgehead atoms. The van der Waals surface area contributed by atoms with E-state index in [-0.39, 0.29) is 0 Å². The van der Waals surface area contributed by atoms with Crippen molar-refractivity contribution >= 4 is 11.4 Å². The predicted octanol–water partition coefficient (Wildman–Crippen LogP) is 3.54. The van der Waals surface area contributed by atoms with Crippen LogP contribution in [0.1, 0.15) is 11.4 Å². The van der Waals surface area contributed by atoms with Gasteiger partial charge < -0.3 is 0 Å². The number of para-hydroxylation sites is 2. The molecule has 1 aliphatic rings. The Morgan fingerprint density at radius 3 is 1.29 bits per heavy atom. The highest BCUT2D eigenvalue weighted by Gasteiger charge is 2.14. The number of fused-ring (bicyclic) bond motifs is 2. The van der Waals surface area contributed by atoms with E-state index in [9.17, 15) is 0 Å². The molecule has 0 saturated heterocycles. The highest BCUT2D eigenvalue weighted by Crippen LogP contribution is 2.26. The Morgan fingerprint density at radius 1 is 0.429 bits per heavy atom. The van der Waals surface area contributed by atoms with Crippen LogP contribution in [0.3, 0.4) is 0 Å². The lowest BCUT2D eigenvalue weighted by Gasteiger charge is -2.10. The maximum atomic E-state index is 5.01. The predicted molar refractivity (Wildman–Crippen MR) is 108 cm³/mol. The molecule has 0 amide bonds. The fraction of sp³-hybridized carbons (Fsp3) is 0. The van der Waals surface area contributed by atoms with Crippen molar-refractivity contribution in [2.75, 3.05) is 0 Å². The van der Waals surface area contributed by atoms with Crippen molar-refractivity contribution in [3.8, 4) is 0 Å². The number of nitrogens with zero attached hydrogens (tertiary/aromatic N) is 4. The fourth-order valence-electron chi connectivity index (χ4n) is 3.31. The standard InChI is InChI=1S/C24H16N4/c1-3-11-19-17(9-1)18-10-2-4-12-20(18)28-24(22-14-6-8-16-26-22)23(27-19)21-13-5-7-15-25-21/h1-16H/b18-17-,24-23-,27-19-,27-23?,28-20-,28-24?. The van der Waals surface area contributed by atoms with E-state index in [1.807, 2.05) is 72.8 Å². The van der Waals surface area contributed by atoms with Gasteiger partial charge in [0.1, 0.15) is 11.4 Å². The van der Waals surface area contributed by atoms with Crippen LogP contribution in [0.15, 0.2) is 107 Å². The average molecular weight is 360 g/mol. The number of benzene rings is 2. The monoisotopic (exact) mass is 360 g/mol. The van der Waals surface area contributed by atoms with Gasteiger partial charge in [0.05, 0.1) is 22.1 Å².